The number of hydrogen-bond donors (Lipinski definition) is 3. The summed E-state index contributed by atoms with van der Waals surface area (Å²) in [6, 6.07) is 0.824. The van der Waals surface area contributed by atoms with Gasteiger partial charge in [0.1, 0.15) is 0 Å². The van der Waals surface area contributed by atoms with Gasteiger partial charge in [0.25, 0.3) is 0 Å². The minimum atomic E-state index is 0.256. The van der Waals surface area contributed by atoms with Crippen molar-refractivity contribution >= 4 is 0 Å². The van der Waals surface area contributed by atoms with E-state index in [1.807, 2.05) is 0 Å². The molecule has 0 aliphatic heterocycles. The second-order valence-electron chi connectivity index (χ2n) is 3.12. The first-order valence-electron chi connectivity index (χ1n) is 4.85. The predicted octanol–water partition coefficient (Wildman–Crippen LogP) is 0.474. The highest BCUT2D eigenvalue weighted by Gasteiger charge is 2.09. The number of nitrogens with two attached hydrogens (primary N) is 1. The van der Waals surface area contributed by atoms with Crippen LogP contribution in [0.3, 0.4) is 0 Å². The molecule has 2 unspecified atom stereocenters. The lowest BCUT2D eigenvalue weighted by Gasteiger charge is -2.22. The highest BCUT2D eigenvalue weighted by molar-refractivity contribution is 4.72. The molecule has 0 fully saturated rings. The monoisotopic (exact) mass is 174 g/mol. The van der Waals surface area contributed by atoms with Crippen LogP contribution in [-0.4, -0.2) is 30.3 Å². The van der Waals surface area contributed by atoms with Crippen LogP contribution in [0.4, 0.5) is 0 Å². The Morgan fingerprint density at radius 2 is 1.83 bits per heavy atom. The molecule has 0 radical (unpaired) electrons. The third kappa shape index (κ3) is 4.70. The predicted molar refractivity (Wildman–Crippen MR) is 52.1 cm³/mol. The average molecular weight is 174 g/mol. The molecule has 0 aliphatic rings. The summed E-state index contributed by atoms with van der Waals surface area (Å²) in [5.74, 6) is 0. The Morgan fingerprint density at radius 3 is 2.17 bits per heavy atom. The van der Waals surface area contributed by atoms with Crippen LogP contribution in [-0.2, 0) is 0 Å². The first-order valence-corrected chi connectivity index (χ1v) is 4.85. The van der Waals surface area contributed by atoms with Crippen molar-refractivity contribution < 1.29 is 5.11 Å². The van der Waals surface area contributed by atoms with E-state index in [-0.39, 0.29) is 6.61 Å². The molecule has 3 heteroatoms. The zero-order valence-corrected chi connectivity index (χ0v) is 8.21. The van der Waals surface area contributed by atoms with Gasteiger partial charge < -0.3 is 16.2 Å². The molecule has 0 aromatic heterocycles. The van der Waals surface area contributed by atoms with Crippen LogP contribution >= 0.6 is 0 Å². The van der Waals surface area contributed by atoms with Crippen molar-refractivity contribution in [1.29, 1.82) is 0 Å². The normalized spacial score (nSPS) is 16.0. The summed E-state index contributed by atoms with van der Waals surface area (Å²) in [7, 11) is 0. The number of hydrogen-bond acceptors (Lipinski definition) is 3. The summed E-state index contributed by atoms with van der Waals surface area (Å²) in [6.45, 7) is 5.18. The van der Waals surface area contributed by atoms with Crippen molar-refractivity contribution in [1.82, 2.24) is 5.32 Å². The molecule has 12 heavy (non-hydrogen) atoms. The Kier molecular flexibility index (Phi) is 7.45. The third-order valence-electron chi connectivity index (χ3n) is 2.22. The fraction of sp³-hybridized carbons (Fsp3) is 1.00. The van der Waals surface area contributed by atoms with E-state index in [4.69, 9.17) is 10.8 Å². The van der Waals surface area contributed by atoms with Gasteiger partial charge in [-0.15, -0.1) is 0 Å². The highest BCUT2D eigenvalue weighted by Crippen LogP contribution is 1.99. The van der Waals surface area contributed by atoms with Crippen molar-refractivity contribution in [2.75, 3.05) is 13.2 Å². The van der Waals surface area contributed by atoms with Gasteiger partial charge in [0.2, 0.25) is 0 Å². The van der Waals surface area contributed by atoms with Crippen LogP contribution in [0.1, 0.15) is 33.1 Å². The van der Waals surface area contributed by atoms with E-state index in [2.05, 4.69) is 19.2 Å². The summed E-state index contributed by atoms with van der Waals surface area (Å²) in [5, 5.41) is 12.2. The average Bonchev–Trinajstić information content (AvgIpc) is 2.12. The Labute approximate surface area is 75.3 Å². The van der Waals surface area contributed by atoms with Gasteiger partial charge >= 0.3 is 0 Å². The molecule has 0 amide bonds. The molecule has 74 valence electrons. The minimum Gasteiger partial charge on any atom is -0.396 e. The van der Waals surface area contributed by atoms with Crippen molar-refractivity contribution in [3.63, 3.8) is 0 Å². The Hall–Kier alpha value is -0.120. The maximum Gasteiger partial charge on any atom is 0.0445 e. The van der Waals surface area contributed by atoms with Crippen LogP contribution in [0.5, 0.6) is 0 Å². The van der Waals surface area contributed by atoms with Crippen molar-refractivity contribution in [2.24, 2.45) is 5.73 Å². The van der Waals surface area contributed by atoms with Gasteiger partial charge in [-0.25, -0.2) is 0 Å². The molecule has 0 aromatic carbocycles. The molecule has 0 aliphatic carbocycles. The molecule has 0 heterocycles. The van der Waals surface area contributed by atoms with Crippen molar-refractivity contribution in [2.45, 2.75) is 45.2 Å². The second-order valence-corrected chi connectivity index (χ2v) is 3.12. The fourth-order valence-electron chi connectivity index (χ4n) is 1.25. The standard InChI is InChI=1S/C9H22N2O/c1-3-8(5-6-12)11-9(4-2)7-10/h8-9,11-12H,3-7,10H2,1-2H3. The van der Waals surface area contributed by atoms with Crippen LogP contribution in [0, 0.1) is 0 Å². The lowest BCUT2D eigenvalue weighted by Crippen LogP contribution is -2.42. The third-order valence-corrected chi connectivity index (χ3v) is 2.22. The zero-order valence-electron chi connectivity index (χ0n) is 8.21. The number of nitrogens with one attached hydrogen (secondary N) is 1. The van der Waals surface area contributed by atoms with E-state index in [0.29, 0.717) is 18.6 Å². The highest BCUT2D eigenvalue weighted by atomic mass is 16.3. The van der Waals surface area contributed by atoms with Crippen LogP contribution in [0.25, 0.3) is 0 Å². The first kappa shape index (κ1) is 11.9. The van der Waals surface area contributed by atoms with Crippen molar-refractivity contribution in [3.8, 4) is 0 Å². The van der Waals surface area contributed by atoms with Crippen molar-refractivity contribution in [3.05, 3.63) is 0 Å². The molecule has 0 spiro atoms. The molecule has 0 saturated heterocycles. The smallest absolute Gasteiger partial charge is 0.0445 e. The molecule has 0 bridgehead atoms. The van der Waals surface area contributed by atoms with E-state index in [1.54, 1.807) is 0 Å². The zero-order chi connectivity index (χ0) is 9.40. The Bertz CT molecular complexity index is 94.5. The van der Waals surface area contributed by atoms with Crippen LogP contribution in [0.2, 0.25) is 0 Å². The van der Waals surface area contributed by atoms with E-state index in [9.17, 15) is 0 Å². The van der Waals surface area contributed by atoms with Gasteiger partial charge in [-0.05, 0) is 19.3 Å². The van der Waals surface area contributed by atoms with E-state index in [0.717, 1.165) is 19.3 Å². The number of rotatable bonds is 7. The molecular formula is C9H22N2O. The lowest BCUT2D eigenvalue weighted by molar-refractivity contribution is 0.254. The molecule has 0 rings (SSSR count). The fourth-order valence-corrected chi connectivity index (χ4v) is 1.25. The maximum atomic E-state index is 8.75. The Morgan fingerprint density at radius 1 is 1.25 bits per heavy atom. The van der Waals surface area contributed by atoms with Crippen LogP contribution < -0.4 is 11.1 Å². The van der Waals surface area contributed by atoms with Gasteiger partial charge in [0, 0.05) is 25.2 Å². The van der Waals surface area contributed by atoms with Gasteiger partial charge in [0.15, 0.2) is 0 Å². The number of aliphatic hydroxyl groups excluding tert-OH is 1. The van der Waals surface area contributed by atoms with Gasteiger partial charge in [-0.1, -0.05) is 13.8 Å². The summed E-state index contributed by atoms with van der Waals surface area (Å²) < 4.78 is 0. The summed E-state index contributed by atoms with van der Waals surface area (Å²) in [5.41, 5.74) is 5.56. The molecule has 3 nitrogen and oxygen atoms in total. The second kappa shape index (κ2) is 7.53. The molecular weight excluding hydrogens is 152 g/mol. The van der Waals surface area contributed by atoms with Gasteiger partial charge in [0.05, 0.1) is 0 Å². The largest absolute Gasteiger partial charge is 0.396 e. The maximum absolute atomic E-state index is 8.75. The SMILES string of the molecule is CCC(CN)NC(CC)CCO. The Balaban J connectivity index is 3.65. The molecule has 2 atom stereocenters. The first-order chi connectivity index (χ1) is 5.78. The van der Waals surface area contributed by atoms with Gasteiger partial charge in [-0.3, -0.25) is 0 Å². The number of aliphatic hydroxyl groups is 1. The molecule has 0 saturated carbocycles. The van der Waals surface area contributed by atoms with Gasteiger partial charge in [-0.2, -0.15) is 0 Å². The topological polar surface area (TPSA) is 58.3 Å². The van der Waals surface area contributed by atoms with E-state index in [1.165, 1.54) is 0 Å². The summed E-state index contributed by atoms with van der Waals surface area (Å²) >= 11 is 0. The summed E-state index contributed by atoms with van der Waals surface area (Å²) in [4.78, 5) is 0. The van der Waals surface area contributed by atoms with Crippen LogP contribution in [0.15, 0.2) is 0 Å². The summed E-state index contributed by atoms with van der Waals surface area (Å²) in [6.07, 6.45) is 2.93. The van der Waals surface area contributed by atoms with E-state index < -0.39 is 0 Å². The molecule has 4 N–H and O–H groups in total. The minimum absolute atomic E-state index is 0.256. The lowest BCUT2D eigenvalue weighted by atomic mass is 10.1. The van der Waals surface area contributed by atoms with E-state index >= 15 is 0 Å². The quantitative estimate of drug-likeness (QED) is 0.526. The molecule has 0 aromatic rings.